The molecule has 3 nitrogen and oxygen atoms in total. The van der Waals surface area contributed by atoms with E-state index >= 15 is 0 Å². The van der Waals surface area contributed by atoms with Crippen molar-refractivity contribution in [2.75, 3.05) is 13.1 Å². The van der Waals surface area contributed by atoms with E-state index in [0.717, 1.165) is 6.54 Å². The minimum absolute atomic E-state index is 0. The monoisotopic (exact) mass is 186 g/mol. The smallest absolute Gasteiger partial charge is 0.220 e. The van der Waals surface area contributed by atoms with Crippen LogP contribution in [0.3, 0.4) is 0 Å². The largest absolute Gasteiger partial charge is 0.356 e. The molecule has 3 N–H and O–H groups in total. The van der Waals surface area contributed by atoms with Gasteiger partial charge in [-0.2, -0.15) is 0 Å². The van der Waals surface area contributed by atoms with E-state index in [-0.39, 0.29) is 30.7 Å². The molecule has 0 radical (unpaired) electrons. The molecule has 0 bridgehead atoms. The molecule has 1 unspecified atom stereocenters. The lowest BCUT2D eigenvalue weighted by atomic mass is 10.1. The van der Waals surface area contributed by atoms with Gasteiger partial charge in [-0.1, -0.05) is 0 Å². The summed E-state index contributed by atoms with van der Waals surface area (Å²) in [4.78, 5) is 10.4. The topological polar surface area (TPSA) is 55.1 Å². The Morgan fingerprint density at radius 2 is 2.20 bits per heavy atom. The van der Waals surface area contributed by atoms with Gasteiger partial charge in [0.25, 0.3) is 0 Å². The normalized spacial score (nSPS) is 22.5. The van der Waals surface area contributed by atoms with E-state index in [1.807, 2.05) is 0 Å². The molecule has 1 atom stereocenters. The molecule has 0 aliphatic carbocycles. The predicted octanol–water partition coefficient (Wildman–Crippen LogP) is -0.0752. The van der Waals surface area contributed by atoms with Crippen LogP contribution in [0.1, 0.15) is 6.42 Å². The van der Waals surface area contributed by atoms with Crippen molar-refractivity contribution in [3.05, 3.63) is 0 Å². The molecule has 0 spiro atoms. The van der Waals surface area contributed by atoms with Crippen LogP contribution in [-0.2, 0) is 4.79 Å². The highest BCUT2D eigenvalue weighted by Crippen LogP contribution is 2.04. The number of halogens is 2. The first-order valence-corrected chi connectivity index (χ1v) is 2.79. The van der Waals surface area contributed by atoms with Crippen LogP contribution in [0.2, 0.25) is 0 Å². The summed E-state index contributed by atoms with van der Waals surface area (Å²) in [5, 5.41) is 2.70. The number of nitrogens with one attached hydrogen (secondary N) is 1. The van der Waals surface area contributed by atoms with Crippen LogP contribution in [0, 0.1) is 5.92 Å². The zero-order chi connectivity index (χ0) is 5.98. The first-order chi connectivity index (χ1) is 3.83. The van der Waals surface area contributed by atoms with Crippen molar-refractivity contribution in [1.82, 2.24) is 5.32 Å². The Balaban J connectivity index is 0. The third-order valence-electron chi connectivity index (χ3n) is 1.40. The summed E-state index contributed by atoms with van der Waals surface area (Å²) in [5.74, 6) is 0.531. The second-order valence-corrected chi connectivity index (χ2v) is 2.11. The second-order valence-electron chi connectivity index (χ2n) is 2.11. The second kappa shape index (κ2) is 5.77. The van der Waals surface area contributed by atoms with Crippen molar-refractivity contribution in [3.63, 3.8) is 0 Å². The molecule has 1 heterocycles. The molecular weight excluding hydrogens is 175 g/mol. The molecule has 5 heteroatoms. The summed E-state index contributed by atoms with van der Waals surface area (Å²) in [6.07, 6.45) is 0.622. The number of nitrogens with two attached hydrogens (primary N) is 1. The van der Waals surface area contributed by atoms with E-state index in [2.05, 4.69) is 5.32 Å². The molecule has 1 rings (SSSR count). The molecule has 1 fully saturated rings. The number of hydrogen-bond donors (Lipinski definition) is 2. The number of carbonyl (C=O) groups is 1. The average molecular weight is 187 g/mol. The SMILES string of the molecule is Cl.Cl.NCC1CNC(=O)C1. The van der Waals surface area contributed by atoms with E-state index in [0.29, 0.717) is 18.9 Å². The lowest BCUT2D eigenvalue weighted by Crippen LogP contribution is -2.17. The molecular formula is C5H12Cl2N2O. The minimum Gasteiger partial charge on any atom is -0.356 e. The van der Waals surface area contributed by atoms with Gasteiger partial charge < -0.3 is 11.1 Å². The van der Waals surface area contributed by atoms with Gasteiger partial charge in [-0.05, 0) is 12.5 Å². The first-order valence-electron chi connectivity index (χ1n) is 2.79. The summed E-state index contributed by atoms with van der Waals surface area (Å²) in [7, 11) is 0. The zero-order valence-corrected chi connectivity index (χ0v) is 7.13. The fraction of sp³-hybridized carbons (Fsp3) is 0.800. The van der Waals surface area contributed by atoms with Crippen molar-refractivity contribution < 1.29 is 4.79 Å². The Morgan fingerprint density at radius 3 is 2.40 bits per heavy atom. The Hall–Kier alpha value is 0.01000. The summed E-state index contributed by atoms with van der Waals surface area (Å²) < 4.78 is 0. The third kappa shape index (κ3) is 3.25. The Kier molecular flexibility index (Phi) is 7.31. The minimum atomic E-state index is 0. The van der Waals surface area contributed by atoms with Crippen molar-refractivity contribution in [1.29, 1.82) is 0 Å². The molecule has 0 saturated carbocycles. The van der Waals surface area contributed by atoms with Gasteiger partial charge in [0, 0.05) is 13.0 Å². The van der Waals surface area contributed by atoms with Crippen LogP contribution in [0.4, 0.5) is 0 Å². The Bertz CT molecular complexity index is 110. The van der Waals surface area contributed by atoms with E-state index < -0.39 is 0 Å². The van der Waals surface area contributed by atoms with Gasteiger partial charge in [0.15, 0.2) is 0 Å². The highest BCUT2D eigenvalue weighted by atomic mass is 35.5. The summed E-state index contributed by atoms with van der Waals surface area (Å²) in [6, 6.07) is 0. The summed E-state index contributed by atoms with van der Waals surface area (Å²) >= 11 is 0. The lowest BCUT2D eigenvalue weighted by Gasteiger charge is -1.97. The van der Waals surface area contributed by atoms with Crippen molar-refractivity contribution >= 4 is 30.7 Å². The van der Waals surface area contributed by atoms with E-state index in [4.69, 9.17) is 5.73 Å². The maximum Gasteiger partial charge on any atom is 0.220 e. The van der Waals surface area contributed by atoms with Gasteiger partial charge in [0.1, 0.15) is 0 Å². The van der Waals surface area contributed by atoms with Crippen LogP contribution >= 0.6 is 24.8 Å². The highest BCUT2D eigenvalue weighted by Gasteiger charge is 2.18. The van der Waals surface area contributed by atoms with E-state index in [1.54, 1.807) is 0 Å². The van der Waals surface area contributed by atoms with Crippen molar-refractivity contribution in [2.45, 2.75) is 6.42 Å². The van der Waals surface area contributed by atoms with Crippen molar-refractivity contribution in [2.24, 2.45) is 11.7 Å². The number of rotatable bonds is 1. The molecule has 10 heavy (non-hydrogen) atoms. The predicted molar refractivity (Wildman–Crippen MR) is 44.7 cm³/mol. The molecule has 1 aliphatic heterocycles. The standard InChI is InChI=1S/C5H10N2O.2ClH/c6-2-4-1-5(8)7-3-4;;/h4H,1-3,6H2,(H,7,8);2*1H. The van der Waals surface area contributed by atoms with Gasteiger partial charge in [0.05, 0.1) is 0 Å². The van der Waals surface area contributed by atoms with Gasteiger partial charge in [-0.3, -0.25) is 4.79 Å². The van der Waals surface area contributed by atoms with E-state index in [1.165, 1.54) is 0 Å². The third-order valence-corrected chi connectivity index (χ3v) is 1.40. The molecule has 0 aromatic carbocycles. The van der Waals surface area contributed by atoms with Gasteiger partial charge in [-0.15, -0.1) is 24.8 Å². The van der Waals surface area contributed by atoms with Crippen molar-refractivity contribution in [3.8, 4) is 0 Å². The average Bonchev–Trinajstić information content (AvgIpc) is 2.14. The van der Waals surface area contributed by atoms with Gasteiger partial charge in [-0.25, -0.2) is 0 Å². The fourth-order valence-corrected chi connectivity index (χ4v) is 0.831. The molecule has 1 saturated heterocycles. The lowest BCUT2D eigenvalue weighted by molar-refractivity contribution is -0.119. The van der Waals surface area contributed by atoms with Crippen LogP contribution < -0.4 is 11.1 Å². The number of carbonyl (C=O) groups excluding carboxylic acids is 1. The fourth-order valence-electron chi connectivity index (χ4n) is 0.831. The Labute approximate surface area is 72.6 Å². The maximum atomic E-state index is 10.4. The number of hydrogen-bond acceptors (Lipinski definition) is 2. The summed E-state index contributed by atoms with van der Waals surface area (Å²) in [6.45, 7) is 1.40. The molecule has 0 aromatic rings. The maximum absolute atomic E-state index is 10.4. The van der Waals surface area contributed by atoms with E-state index in [9.17, 15) is 4.79 Å². The molecule has 1 amide bonds. The van der Waals surface area contributed by atoms with Crippen LogP contribution in [0.5, 0.6) is 0 Å². The molecule has 0 aromatic heterocycles. The number of amides is 1. The van der Waals surface area contributed by atoms with Gasteiger partial charge >= 0.3 is 0 Å². The van der Waals surface area contributed by atoms with Crippen LogP contribution in [0.15, 0.2) is 0 Å². The van der Waals surface area contributed by atoms with Gasteiger partial charge in [0.2, 0.25) is 5.91 Å². The zero-order valence-electron chi connectivity index (χ0n) is 5.50. The molecule has 1 aliphatic rings. The highest BCUT2D eigenvalue weighted by molar-refractivity contribution is 5.85. The van der Waals surface area contributed by atoms with Crippen LogP contribution in [0.25, 0.3) is 0 Å². The summed E-state index contributed by atoms with van der Waals surface area (Å²) in [5.41, 5.74) is 5.30. The van der Waals surface area contributed by atoms with Crippen LogP contribution in [-0.4, -0.2) is 19.0 Å². The first kappa shape index (κ1) is 12.7. The Morgan fingerprint density at radius 1 is 1.60 bits per heavy atom. The molecule has 62 valence electrons. The quantitative estimate of drug-likeness (QED) is 0.603.